The van der Waals surface area contributed by atoms with Gasteiger partial charge in [0.1, 0.15) is 11.5 Å². The fraction of sp³-hybridized carbons (Fsp3) is 0.0303. The van der Waals surface area contributed by atoms with E-state index in [1.165, 1.54) is 87.3 Å². The lowest BCUT2D eigenvalue weighted by Gasteiger charge is -2.40. The van der Waals surface area contributed by atoms with Crippen LogP contribution in [0.4, 0.5) is 17.1 Å². The van der Waals surface area contributed by atoms with Gasteiger partial charge in [0.15, 0.2) is 0 Å². The summed E-state index contributed by atoms with van der Waals surface area (Å²) < 4.78 is 6.75. The van der Waals surface area contributed by atoms with Crippen LogP contribution in [0.2, 0.25) is 0 Å². The molecule has 0 aromatic heterocycles. The summed E-state index contributed by atoms with van der Waals surface area (Å²) in [5.74, 6) is 1.78. The Morgan fingerprint density at radius 1 is 0.333 bits per heavy atom. The molecule has 2 heterocycles. The second-order valence-corrected chi connectivity index (χ2v) is 19.7. The maximum atomic E-state index is 6.75. The zero-order valence-corrected chi connectivity index (χ0v) is 38.3. The number of fused-ring (bicyclic) bond motifs is 19. The van der Waals surface area contributed by atoms with E-state index in [1.54, 1.807) is 0 Å². The van der Waals surface area contributed by atoms with Gasteiger partial charge in [0.05, 0.1) is 16.5 Å². The molecule has 11 aromatic rings. The molecule has 0 bridgehead atoms. The number of ether oxygens (including phenoxy) is 1. The lowest BCUT2D eigenvalue weighted by atomic mass is 9.66. The molecular weight excluding hydrogens is 855 g/mol. The molecule has 15 rings (SSSR count). The van der Waals surface area contributed by atoms with Gasteiger partial charge in [0.2, 0.25) is 0 Å². The van der Waals surface area contributed by atoms with E-state index in [1.807, 2.05) is 11.8 Å². The van der Waals surface area contributed by atoms with Crippen LogP contribution in [0.3, 0.4) is 0 Å². The van der Waals surface area contributed by atoms with Gasteiger partial charge < -0.3 is 9.64 Å². The first kappa shape index (κ1) is 38.7. The standard InChI is InChI=1S/C66H41NOS/c1-2-19-46-42(17-1)18-15-22-47(46)43-35-37-44(38-36-43)67(45-39-40-49-48-20-3-5-23-51(48)66(58(49)41-45)55-27-9-13-33-62(55)69-63-34-14-10-28-56(63)66)59-30-16-29-57-64(59)50-21-4-6-24-52(50)65(57)53-25-7-11-31-60(53)68-61-32-12-8-26-54(61)65/h1-41H. The monoisotopic (exact) mass is 895 g/mol. The number of benzene rings is 11. The summed E-state index contributed by atoms with van der Waals surface area (Å²) >= 11 is 1.89. The molecule has 11 aromatic carbocycles. The fourth-order valence-corrected chi connectivity index (χ4v) is 13.9. The number of para-hydroxylation sites is 2. The van der Waals surface area contributed by atoms with Crippen LogP contribution in [0, 0.1) is 0 Å². The third kappa shape index (κ3) is 5.17. The van der Waals surface area contributed by atoms with Crippen LogP contribution in [0.25, 0.3) is 44.2 Å². The van der Waals surface area contributed by atoms with Gasteiger partial charge >= 0.3 is 0 Å². The van der Waals surface area contributed by atoms with Crippen LogP contribution >= 0.6 is 11.8 Å². The summed E-state index contributed by atoms with van der Waals surface area (Å²) in [5, 5.41) is 2.49. The van der Waals surface area contributed by atoms with Gasteiger partial charge in [-0.3, -0.25) is 0 Å². The van der Waals surface area contributed by atoms with Gasteiger partial charge in [0.25, 0.3) is 0 Å². The lowest BCUT2D eigenvalue weighted by molar-refractivity contribution is 0.436. The smallest absolute Gasteiger partial charge is 0.132 e. The molecule has 0 saturated heterocycles. The molecule has 0 amide bonds. The molecule has 0 unspecified atom stereocenters. The minimum Gasteiger partial charge on any atom is -0.457 e. The molecule has 0 atom stereocenters. The fourth-order valence-electron chi connectivity index (χ4n) is 12.7. The van der Waals surface area contributed by atoms with E-state index >= 15 is 0 Å². The molecule has 2 spiro atoms. The first-order valence-electron chi connectivity index (χ1n) is 23.8. The van der Waals surface area contributed by atoms with Crippen LogP contribution in [0.15, 0.2) is 259 Å². The van der Waals surface area contributed by atoms with Gasteiger partial charge in [-0.05, 0) is 127 Å². The summed E-state index contributed by atoms with van der Waals surface area (Å²) in [7, 11) is 0. The van der Waals surface area contributed by atoms with Crippen molar-refractivity contribution in [2.24, 2.45) is 0 Å². The van der Waals surface area contributed by atoms with E-state index in [9.17, 15) is 0 Å². The van der Waals surface area contributed by atoms with Crippen molar-refractivity contribution in [3.05, 3.63) is 293 Å². The Labute approximate surface area is 405 Å². The van der Waals surface area contributed by atoms with Crippen molar-refractivity contribution in [3.63, 3.8) is 0 Å². The highest BCUT2D eigenvalue weighted by molar-refractivity contribution is 7.99. The Balaban J connectivity index is 1.02. The first-order valence-corrected chi connectivity index (χ1v) is 24.6. The van der Waals surface area contributed by atoms with Crippen LogP contribution in [-0.4, -0.2) is 0 Å². The van der Waals surface area contributed by atoms with Crippen molar-refractivity contribution >= 4 is 39.6 Å². The Hall–Kier alpha value is -8.37. The highest BCUT2D eigenvalue weighted by Crippen LogP contribution is 2.66. The predicted octanol–water partition coefficient (Wildman–Crippen LogP) is 17.3. The molecular formula is C66H41NOS. The summed E-state index contributed by atoms with van der Waals surface area (Å²) in [6.45, 7) is 0. The average molecular weight is 896 g/mol. The van der Waals surface area contributed by atoms with Gasteiger partial charge in [-0.1, -0.05) is 206 Å². The average Bonchev–Trinajstić information content (AvgIpc) is 3.87. The van der Waals surface area contributed by atoms with Crippen LogP contribution in [0.1, 0.15) is 44.5 Å². The number of nitrogens with zero attached hydrogens (tertiary/aromatic N) is 1. The molecule has 2 nitrogen and oxygen atoms in total. The number of rotatable bonds is 4. The molecule has 0 radical (unpaired) electrons. The van der Waals surface area contributed by atoms with Crippen molar-refractivity contribution in [2.45, 2.75) is 20.6 Å². The predicted molar refractivity (Wildman–Crippen MR) is 283 cm³/mol. The maximum Gasteiger partial charge on any atom is 0.132 e. The third-order valence-corrected chi connectivity index (χ3v) is 16.6. The van der Waals surface area contributed by atoms with Crippen molar-refractivity contribution in [3.8, 4) is 44.9 Å². The SMILES string of the molecule is c1ccc2c(c1)Oc1ccccc1C21c2ccccc2-c2c(N(c3ccc(-c4cccc5ccccc45)cc3)c3ccc4c(c3)C3(c5ccccc5Sc5ccccc53)c3ccccc3-4)cccc21. The Bertz CT molecular complexity index is 3850. The van der Waals surface area contributed by atoms with Crippen LogP contribution < -0.4 is 9.64 Å². The third-order valence-electron chi connectivity index (χ3n) is 15.4. The lowest BCUT2D eigenvalue weighted by Crippen LogP contribution is -2.32. The summed E-state index contributed by atoms with van der Waals surface area (Å²) in [5.41, 5.74) is 19.7. The highest BCUT2D eigenvalue weighted by atomic mass is 32.2. The molecule has 0 saturated carbocycles. The Kier molecular flexibility index (Phi) is 8.17. The molecule has 2 aliphatic carbocycles. The molecule has 0 N–H and O–H groups in total. The van der Waals surface area contributed by atoms with E-state index in [4.69, 9.17) is 4.74 Å². The van der Waals surface area contributed by atoms with E-state index in [-0.39, 0.29) is 0 Å². The highest BCUT2D eigenvalue weighted by Gasteiger charge is 2.53. The Morgan fingerprint density at radius 2 is 0.826 bits per heavy atom. The molecule has 2 aliphatic heterocycles. The van der Waals surface area contributed by atoms with Crippen molar-refractivity contribution in [1.29, 1.82) is 0 Å². The number of hydrogen-bond acceptors (Lipinski definition) is 3. The summed E-state index contributed by atoms with van der Waals surface area (Å²) in [6.07, 6.45) is 0. The van der Waals surface area contributed by atoms with E-state index in [0.717, 1.165) is 39.7 Å². The summed E-state index contributed by atoms with van der Waals surface area (Å²) in [6, 6.07) is 92.4. The van der Waals surface area contributed by atoms with Crippen molar-refractivity contribution in [2.75, 3.05) is 4.90 Å². The zero-order valence-electron chi connectivity index (χ0n) is 37.4. The summed E-state index contributed by atoms with van der Waals surface area (Å²) in [4.78, 5) is 5.13. The zero-order chi connectivity index (χ0) is 45.3. The van der Waals surface area contributed by atoms with Crippen molar-refractivity contribution in [1.82, 2.24) is 0 Å². The van der Waals surface area contributed by atoms with Gasteiger partial charge in [-0.25, -0.2) is 0 Å². The topological polar surface area (TPSA) is 12.5 Å². The minimum atomic E-state index is -0.603. The molecule has 0 fully saturated rings. The van der Waals surface area contributed by atoms with Gasteiger partial charge in [-0.15, -0.1) is 0 Å². The Morgan fingerprint density at radius 3 is 1.55 bits per heavy atom. The molecule has 322 valence electrons. The largest absolute Gasteiger partial charge is 0.457 e. The number of hydrogen-bond donors (Lipinski definition) is 0. The van der Waals surface area contributed by atoms with E-state index in [2.05, 4.69) is 254 Å². The molecule has 4 aliphatic rings. The normalized spacial score (nSPS) is 14.4. The van der Waals surface area contributed by atoms with Crippen LogP contribution in [-0.2, 0) is 10.8 Å². The second kappa shape index (κ2) is 14.6. The first-order chi connectivity index (χ1) is 34.2. The van der Waals surface area contributed by atoms with E-state index in [0.29, 0.717) is 0 Å². The molecule has 3 heteroatoms. The van der Waals surface area contributed by atoms with Crippen molar-refractivity contribution < 1.29 is 4.74 Å². The van der Waals surface area contributed by atoms with Gasteiger partial charge in [0, 0.05) is 37.9 Å². The van der Waals surface area contributed by atoms with Crippen LogP contribution in [0.5, 0.6) is 11.5 Å². The second-order valence-electron chi connectivity index (χ2n) is 18.6. The minimum absolute atomic E-state index is 0.519. The van der Waals surface area contributed by atoms with Gasteiger partial charge in [-0.2, -0.15) is 0 Å². The number of anilines is 3. The van der Waals surface area contributed by atoms with E-state index < -0.39 is 10.8 Å². The quantitative estimate of drug-likeness (QED) is 0.175. The molecule has 69 heavy (non-hydrogen) atoms. The maximum absolute atomic E-state index is 6.75.